The second-order valence-electron chi connectivity index (χ2n) is 7.63. The predicted molar refractivity (Wildman–Crippen MR) is 138 cm³/mol. The first kappa shape index (κ1) is 24.4. The molecule has 4 rings (SSSR count). The highest BCUT2D eigenvalue weighted by atomic mass is 32.2. The van der Waals surface area contributed by atoms with E-state index >= 15 is 0 Å². The van der Waals surface area contributed by atoms with E-state index in [0.717, 1.165) is 17.4 Å². The van der Waals surface area contributed by atoms with Crippen LogP contribution in [0.3, 0.4) is 0 Å². The van der Waals surface area contributed by atoms with Gasteiger partial charge in [-0.2, -0.15) is 0 Å². The average molecular weight is 509 g/mol. The summed E-state index contributed by atoms with van der Waals surface area (Å²) in [6, 6.07) is 23.3. The fraction of sp³-hybridized carbons (Fsp3) is 0.160. The molecule has 0 radical (unpaired) electrons. The number of rotatable bonds is 9. The molecule has 0 bridgehead atoms. The number of carbonyl (C=O) groups is 1. The van der Waals surface area contributed by atoms with Gasteiger partial charge in [0, 0.05) is 11.1 Å². The van der Waals surface area contributed by atoms with Crippen molar-refractivity contribution >= 4 is 38.1 Å². The van der Waals surface area contributed by atoms with E-state index in [1.54, 1.807) is 48.5 Å². The summed E-state index contributed by atoms with van der Waals surface area (Å²) in [5.41, 5.74) is 2.63. The quantitative estimate of drug-likeness (QED) is 0.348. The number of sulfonamides is 1. The van der Waals surface area contributed by atoms with Gasteiger partial charge in [-0.1, -0.05) is 53.8 Å². The summed E-state index contributed by atoms with van der Waals surface area (Å²) >= 11 is 1.29. The third-order valence-corrected chi connectivity index (χ3v) is 7.07. The van der Waals surface area contributed by atoms with Crippen molar-refractivity contribution in [2.75, 3.05) is 22.5 Å². The Morgan fingerprint density at radius 1 is 0.971 bits per heavy atom. The maximum Gasteiger partial charge on any atom is 0.257 e. The number of aromatic nitrogens is 2. The molecule has 0 aliphatic carbocycles. The van der Waals surface area contributed by atoms with Crippen LogP contribution in [0.25, 0.3) is 10.6 Å². The van der Waals surface area contributed by atoms with E-state index < -0.39 is 10.0 Å². The van der Waals surface area contributed by atoms with E-state index in [0.29, 0.717) is 33.7 Å². The monoisotopic (exact) mass is 508 g/mol. The number of nitrogens with zero attached hydrogens (tertiary/aromatic N) is 3. The second-order valence-corrected chi connectivity index (χ2v) is 10.5. The fourth-order valence-corrected chi connectivity index (χ4v) is 4.98. The molecule has 0 atom stereocenters. The first-order valence-electron chi connectivity index (χ1n) is 10.8. The Morgan fingerprint density at radius 2 is 1.66 bits per heavy atom. The largest absolute Gasteiger partial charge is 0.494 e. The van der Waals surface area contributed by atoms with Crippen LogP contribution in [0.15, 0.2) is 78.9 Å². The van der Waals surface area contributed by atoms with Gasteiger partial charge < -0.3 is 4.74 Å². The van der Waals surface area contributed by atoms with Gasteiger partial charge in [0.15, 0.2) is 0 Å². The third-order valence-electron chi connectivity index (χ3n) is 5.04. The molecule has 8 nitrogen and oxygen atoms in total. The number of hydrogen-bond donors (Lipinski definition) is 1. The molecule has 1 aromatic heterocycles. The van der Waals surface area contributed by atoms with Gasteiger partial charge in [0.1, 0.15) is 10.8 Å². The van der Waals surface area contributed by atoms with Crippen LogP contribution in [0.1, 0.15) is 22.8 Å². The van der Waals surface area contributed by atoms with Crippen LogP contribution in [-0.2, 0) is 16.6 Å². The summed E-state index contributed by atoms with van der Waals surface area (Å²) in [5, 5.41) is 12.1. The van der Waals surface area contributed by atoms with Gasteiger partial charge in [-0.15, -0.1) is 10.2 Å². The molecule has 0 spiro atoms. The maximum absolute atomic E-state index is 12.7. The van der Waals surface area contributed by atoms with Gasteiger partial charge in [0.25, 0.3) is 5.91 Å². The average Bonchev–Trinajstić information content (AvgIpc) is 3.32. The maximum atomic E-state index is 12.7. The first-order valence-corrected chi connectivity index (χ1v) is 13.5. The number of hydrogen-bond acceptors (Lipinski definition) is 7. The Morgan fingerprint density at radius 3 is 2.29 bits per heavy atom. The van der Waals surface area contributed by atoms with Crippen molar-refractivity contribution in [3.63, 3.8) is 0 Å². The number of amides is 1. The Kier molecular flexibility index (Phi) is 7.42. The van der Waals surface area contributed by atoms with Gasteiger partial charge in [0.05, 0.1) is 25.1 Å². The first-order chi connectivity index (χ1) is 16.8. The predicted octanol–water partition coefficient (Wildman–Crippen LogP) is 4.82. The summed E-state index contributed by atoms with van der Waals surface area (Å²) in [5.74, 6) is 0.352. The third kappa shape index (κ3) is 6.23. The van der Waals surface area contributed by atoms with E-state index in [1.165, 1.54) is 15.6 Å². The number of nitrogens with one attached hydrogen (secondary N) is 1. The number of ether oxygens (including phenoxy) is 1. The molecule has 0 aliphatic heterocycles. The van der Waals surface area contributed by atoms with Crippen molar-refractivity contribution in [2.24, 2.45) is 0 Å². The molecule has 1 N–H and O–H groups in total. The lowest BCUT2D eigenvalue weighted by Gasteiger charge is -2.23. The molecule has 0 fully saturated rings. The fourth-order valence-electron chi connectivity index (χ4n) is 3.34. The van der Waals surface area contributed by atoms with Crippen molar-refractivity contribution in [1.82, 2.24) is 10.2 Å². The Bertz CT molecular complexity index is 1390. The van der Waals surface area contributed by atoms with Gasteiger partial charge in [-0.3, -0.25) is 14.4 Å². The van der Waals surface area contributed by atoms with Crippen LogP contribution in [0.4, 0.5) is 10.8 Å². The number of carbonyl (C=O) groups excluding carboxylic acids is 1. The van der Waals surface area contributed by atoms with Crippen molar-refractivity contribution in [1.29, 1.82) is 0 Å². The molecule has 0 unspecified atom stereocenters. The second kappa shape index (κ2) is 10.7. The van der Waals surface area contributed by atoms with Crippen molar-refractivity contribution < 1.29 is 17.9 Å². The number of anilines is 2. The summed E-state index contributed by atoms with van der Waals surface area (Å²) in [4.78, 5) is 12.7. The van der Waals surface area contributed by atoms with E-state index in [2.05, 4.69) is 15.5 Å². The van der Waals surface area contributed by atoms with Crippen LogP contribution in [0, 0.1) is 0 Å². The van der Waals surface area contributed by atoms with Gasteiger partial charge in [0.2, 0.25) is 15.2 Å². The van der Waals surface area contributed by atoms with Gasteiger partial charge in [-0.05, 0) is 48.9 Å². The Labute approximate surface area is 208 Å². The molecule has 1 heterocycles. The van der Waals surface area contributed by atoms with Crippen LogP contribution < -0.4 is 14.4 Å². The van der Waals surface area contributed by atoms with E-state index in [4.69, 9.17) is 4.74 Å². The molecule has 10 heteroatoms. The minimum absolute atomic E-state index is 0.131. The van der Waals surface area contributed by atoms with E-state index in [9.17, 15) is 13.2 Å². The highest BCUT2D eigenvalue weighted by Crippen LogP contribution is 2.27. The molecule has 4 aromatic rings. The molecule has 0 aliphatic rings. The molecule has 35 heavy (non-hydrogen) atoms. The smallest absolute Gasteiger partial charge is 0.257 e. The summed E-state index contributed by atoms with van der Waals surface area (Å²) in [6.45, 7) is 2.55. The highest BCUT2D eigenvalue weighted by Gasteiger charge is 2.18. The summed E-state index contributed by atoms with van der Waals surface area (Å²) < 4.78 is 31.6. The van der Waals surface area contributed by atoms with Crippen LogP contribution >= 0.6 is 11.3 Å². The molecular weight excluding hydrogens is 484 g/mol. The summed E-state index contributed by atoms with van der Waals surface area (Å²) in [6.07, 6.45) is 1.16. The van der Waals surface area contributed by atoms with E-state index in [-0.39, 0.29) is 12.5 Å². The molecule has 180 valence electrons. The van der Waals surface area contributed by atoms with Crippen molar-refractivity contribution in [3.05, 3.63) is 90.0 Å². The minimum Gasteiger partial charge on any atom is -0.494 e. The van der Waals surface area contributed by atoms with E-state index in [1.807, 2.05) is 37.3 Å². The molecule has 3 aromatic carbocycles. The zero-order chi connectivity index (χ0) is 24.8. The Hall–Kier alpha value is -3.76. The van der Waals surface area contributed by atoms with Crippen LogP contribution in [-0.4, -0.2) is 37.4 Å². The molecule has 1 amide bonds. The normalized spacial score (nSPS) is 11.1. The standard InChI is InChI=1S/C25H24N4O4S2/c1-3-33-22-15-13-21(14-16-22)29(35(2,31)32)17-18-9-11-19(12-10-18)23(30)26-25-28-27-24(34-25)20-7-5-4-6-8-20/h4-16H,3,17H2,1-2H3,(H,26,28,30). The lowest BCUT2D eigenvalue weighted by atomic mass is 10.1. The zero-order valence-corrected chi connectivity index (χ0v) is 20.8. The van der Waals surface area contributed by atoms with Crippen LogP contribution in [0.2, 0.25) is 0 Å². The zero-order valence-electron chi connectivity index (χ0n) is 19.2. The van der Waals surface area contributed by atoms with Crippen molar-refractivity contribution in [2.45, 2.75) is 13.5 Å². The van der Waals surface area contributed by atoms with Crippen LogP contribution in [0.5, 0.6) is 5.75 Å². The minimum atomic E-state index is -3.53. The number of benzene rings is 3. The molecular formula is C25H24N4O4S2. The molecule has 0 saturated carbocycles. The lowest BCUT2D eigenvalue weighted by Crippen LogP contribution is -2.29. The Balaban J connectivity index is 1.44. The SMILES string of the molecule is CCOc1ccc(N(Cc2ccc(C(=O)Nc3nnc(-c4ccccc4)s3)cc2)S(C)(=O)=O)cc1. The topological polar surface area (TPSA) is 101 Å². The molecule has 0 saturated heterocycles. The van der Waals surface area contributed by atoms with Gasteiger partial charge in [-0.25, -0.2) is 8.42 Å². The lowest BCUT2D eigenvalue weighted by molar-refractivity contribution is 0.102. The summed E-state index contributed by atoms with van der Waals surface area (Å²) in [7, 11) is -3.53. The van der Waals surface area contributed by atoms with Crippen molar-refractivity contribution in [3.8, 4) is 16.3 Å². The van der Waals surface area contributed by atoms with Gasteiger partial charge >= 0.3 is 0 Å². The highest BCUT2D eigenvalue weighted by molar-refractivity contribution is 7.92.